The van der Waals surface area contributed by atoms with E-state index in [0.717, 1.165) is 12.5 Å². The number of halogens is 1. The molecular formula is C12H19BrN2S. The molecule has 0 bridgehead atoms. The van der Waals surface area contributed by atoms with Crippen molar-refractivity contribution in [3.8, 4) is 0 Å². The van der Waals surface area contributed by atoms with E-state index in [4.69, 9.17) is 0 Å². The van der Waals surface area contributed by atoms with E-state index in [1.807, 2.05) is 11.3 Å². The number of nitrogens with one attached hydrogen (secondary N) is 1. The molecule has 1 aromatic heterocycles. The summed E-state index contributed by atoms with van der Waals surface area (Å²) in [6, 6.07) is 2.87. The fourth-order valence-electron chi connectivity index (χ4n) is 2.67. The topological polar surface area (TPSA) is 15.3 Å². The summed E-state index contributed by atoms with van der Waals surface area (Å²) in [7, 11) is 4.30. The lowest BCUT2D eigenvalue weighted by Crippen LogP contribution is -2.39. The summed E-state index contributed by atoms with van der Waals surface area (Å²) in [4.78, 5) is 4.00. The molecule has 1 aliphatic heterocycles. The number of rotatable bonds is 3. The Morgan fingerprint density at radius 2 is 2.44 bits per heavy atom. The summed E-state index contributed by atoms with van der Waals surface area (Å²) >= 11 is 5.43. The van der Waals surface area contributed by atoms with Crippen LogP contribution in [0.2, 0.25) is 0 Å². The van der Waals surface area contributed by atoms with E-state index >= 15 is 0 Å². The molecule has 90 valence electrons. The van der Waals surface area contributed by atoms with Gasteiger partial charge in [0.2, 0.25) is 0 Å². The van der Waals surface area contributed by atoms with Gasteiger partial charge in [0.05, 0.1) is 0 Å². The molecule has 2 nitrogen and oxygen atoms in total. The number of piperidine rings is 1. The molecule has 1 aromatic rings. The minimum Gasteiger partial charge on any atom is -0.319 e. The van der Waals surface area contributed by atoms with Crippen molar-refractivity contribution >= 4 is 27.3 Å². The average molecular weight is 303 g/mol. The van der Waals surface area contributed by atoms with Crippen LogP contribution >= 0.6 is 27.3 Å². The molecule has 0 saturated carbocycles. The van der Waals surface area contributed by atoms with E-state index in [2.05, 4.69) is 51.7 Å². The minimum absolute atomic E-state index is 0.595. The average Bonchev–Trinajstić information content (AvgIpc) is 2.65. The second kappa shape index (κ2) is 5.63. The summed E-state index contributed by atoms with van der Waals surface area (Å²) in [5.74, 6) is 0.745. The molecular weight excluding hydrogens is 284 g/mol. The second-order valence-corrected chi connectivity index (χ2v) is 6.41. The van der Waals surface area contributed by atoms with Crippen LogP contribution in [0.25, 0.3) is 0 Å². The number of likely N-dealkylation sites (tertiary alicyclic amines) is 1. The lowest BCUT2D eigenvalue weighted by Gasteiger charge is -2.38. The van der Waals surface area contributed by atoms with Gasteiger partial charge in [0.15, 0.2) is 0 Å². The van der Waals surface area contributed by atoms with Gasteiger partial charge in [-0.05, 0) is 67.9 Å². The van der Waals surface area contributed by atoms with Gasteiger partial charge in [-0.15, -0.1) is 11.3 Å². The molecule has 1 fully saturated rings. The smallest absolute Gasteiger partial charge is 0.0479 e. The summed E-state index contributed by atoms with van der Waals surface area (Å²) < 4.78 is 1.22. The van der Waals surface area contributed by atoms with Crippen LogP contribution in [-0.2, 0) is 0 Å². The fraction of sp³-hybridized carbons (Fsp3) is 0.667. The molecule has 2 atom stereocenters. The molecule has 1 saturated heterocycles. The van der Waals surface area contributed by atoms with E-state index in [-0.39, 0.29) is 0 Å². The highest BCUT2D eigenvalue weighted by Gasteiger charge is 2.30. The van der Waals surface area contributed by atoms with Crippen molar-refractivity contribution < 1.29 is 0 Å². The monoisotopic (exact) mass is 302 g/mol. The van der Waals surface area contributed by atoms with Crippen LogP contribution in [0.3, 0.4) is 0 Å². The Morgan fingerprint density at radius 3 is 3.06 bits per heavy atom. The molecule has 4 heteroatoms. The fourth-order valence-corrected chi connectivity index (χ4v) is 4.37. The molecule has 1 N–H and O–H groups in total. The standard InChI is InChI=1S/C12H19BrN2S/c1-14-7-9-4-3-5-15(2)12(9)11-6-10(13)8-16-11/h6,8-9,12,14H,3-5,7H2,1-2H3. The first-order valence-electron chi connectivity index (χ1n) is 5.81. The highest BCUT2D eigenvalue weighted by molar-refractivity contribution is 9.10. The van der Waals surface area contributed by atoms with Crippen molar-refractivity contribution in [2.75, 3.05) is 27.2 Å². The number of nitrogens with zero attached hydrogens (tertiary/aromatic N) is 1. The Balaban J connectivity index is 2.18. The number of thiophene rings is 1. The largest absolute Gasteiger partial charge is 0.319 e. The van der Waals surface area contributed by atoms with Gasteiger partial charge in [-0.3, -0.25) is 4.90 Å². The Bertz CT molecular complexity index is 338. The zero-order valence-corrected chi connectivity index (χ0v) is 12.3. The summed E-state index contributed by atoms with van der Waals surface area (Å²) in [5, 5.41) is 5.52. The minimum atomic E-state index is 0.595. The summed E-state index contributed by atoms with van der Waals surface area (Å²) in [6.45, 7) is 2.34. The normalized spacial score (nSPS) is 27.2. The van der Waals surface area contributed by atoms with Crippen molar-refractivity contribution in [1.82, 2.24) is 10.2 Å². The van der Waals surface area contributed by atoms with Gasteiger partial charge in [0.1, 0.15) is 0 Å². The SMILES string of the molecule is CNCC1CCCN(C)C1c1cc(Br)cs1. The van der Waals surface area contributed by atoms with Gasteiger partial charge in [-0.1, -0.05) is 0 Å². The van der Waals surface area contributed by atoms with Crippen molar-refractivity contribution in [1.29, 1.82) is 0 Å². The molecule has 0 aromatic carbocycles. The zero-order chi connectivity index (χ0) is 11.5. The lowest BCUT2D eigenvalue weighted by atomic mass is 9.88. The van der Waals surface area contributed by atoms with E-state index < -0.39 is 0 Å². The van der Waals surface area contributed by atoms with Crippen molar-refractivity contribution in [2.45, 2.75) is 18.9 Å². The molecule has 0 spiro atoms. The molecule has 2 unspecified atom stereocenters. The molecule has 16 heavy (non-hydrogen) atoms. The van der Waals surface area contributed by atoms with Gasteiger partial charge < -0.3 is 5.32 Å². The van der Waals surface area contributed by atoms with Crippen LogP contribution in [0, 0.1) is 5.92 Å². The highest BCUT2D eigenvalue weighted by Crippen LogP contribution is 2.38. The summed E-state index contributed by atoms with van der Waals surface area (Å²) in [6.07, 6.45) is 2.66. The summed E-state index contributed by atoms with van der Waals surface area (Å²) in [5.41, 5.74) is 0. The van der Waals surface area contributed by atoms with Gasteiger partial charge in [-0.2, -0.15) is 0 Å². The third-order valence-electron chi connectivity index (χ3n) is 3.35. The first-order chi connectivity index (χ1) is 7.72. The Morgan fingerprint density at radius 1 is 1.62 bits per heavy atom. The maximum Gasteiger partial charge on any atom is 0.0479 e. The Hall–Kier alpha value is 0.1000. The third-order valence-corrected chi connectivity index (χ3v) is 5.12. The van der Waals surface area contributed by atoms with Crippen molar-refractivity contribution in [3.63, 3.8) is 0 Å². The zero-order valence-electron chi connectivity index (χ0n) is 9.87. The number of hydrogen-bond acceptors (Lipinski definition) is 3. The molecule has 2 heterocycles. The molecule has 0 aliphatic carbocycles. The Labute approximate surface area is 110 Å². The van der Waals surface area contributed by atoms with Crippen molar-refractivity contribution in [3.05, 3.63) is 20.8 Å². The van der Waals surface area contributed by atoms with Crippen LogP contribution in [0.15, 0.2) is 15.9 Å². The Kier molecular flexibility index (Phi) is 4.41. The van der Waals surface area contributed by atoms with E-state index in [0.29, 0.717) is 6.04 Å². The van der Waals surface area contributed by atoms with Crippen LogP contribution in [0.1, 0.15) is 23.8 Å². The van der Waals surface area contributed by atoms with Crippen LogP contribution in [-0.4, -0.2) is 32.1 Å². The third kappa shape index (κ3) is 2.67. The molecule has 2 rings (SSSR count). The van der Waals surface area contributed by atoms with Gasteiger partial charge in [-0.25, -0.2) is 0 Å². The predicted molar refractivity (Wildman–Crippen MR) is 74.0 cm³/mol. The molecule has 0 amide bonds. The maximum absolute atomic E-state index is 3.55. The quantitative estimate of drug-likeness (QED) is 0.923. The predicted octanol–water partition coefficient (Wildman–Crippen LogP) is 3.11. The van der Waals surface area contributed by atoms with Crippen LogP contribution in [0.5, 0.6) is 0 Å². The van der Waals surface area contributed by atoms with Crippen LogP contribution in [0.4, 0.5) is 0 Å². The highest BCUT2D eigenvalue weighted by atomic mass is 79.9. The maximum atomic E-state index is 3.55. The van der Waals surface area contributed by atoms with E-state index in [1.165, 1.54) is 28.7 Å². The van der Waals surface area contributed by atoms with Gasteiger partial charge in [0.25, 0.3) is 0 Å². The molecule has 1 aliphatic rings. The molecule has 0 radical (unpaired) electrons. The van der Waals surface area contributed by atoms with Crippen molar-refractivity contribution in [2.24, 2.45) is 5.92 Å². The van der Waals surface area contributed by atoms with E-state index in [1.54, 1.807) is 0 Å². The van der Waals surface area contributed by atoms with Gasteiger partial charge in [0, 0.05) is 20.8 Å². The van der Waals surface area contributed by atoms with E-state index in [9.17, 15) is 0 Å². The first kappa shape index (κ1) is 12.6. The van der Waals surface area contributed by atoms with Gasteiger partial charge >= 0.3 is 0 Å². The second-order valence-electron chi connectivity index (χ2n) is 4.55. The number of hydrogen-bond donors (Lipinski definition) is 1. The van der Waals surface area contributed by atoms with Crippen LogP contribution < -0.4 is 5.32 Å². The first-order valence-corrected chi connectivity index (χ1v) is 7.48. The lowest BCUT2D eigenvalue weighted by molar-refractivity contribution is 0.123.